The van der Waals surface area contributed by atoms with Crippen molar-refractivity contribution in [2.75, 3.05) is 6.54 Å². The number of carbonyl (C=O) groups excluding carboxylic acids is 2. The van der Waals surface area contributed by atoms with Gasteiger partial charge in [-0.1, -0.05) is 37.5 Å². The van der Waals surface area contributed by atoms with Crippen molar-refractivity contribution in [2.24, 2.45) is 11.7 Å². The first-order chi connectivity index (χ1) is 12.0. The number of carbonyl (C=O) groups is 2. The van der Waals surface area contributed by atoms with Gasteiger partial charge in [-0.2, -0.15) is 0 Å². The fraction of sp³-hybridized carbons (Fsp3) is 0.619. The molecule has 1 amide bonds. The Morgan fingerprint density at radius 3 is 2.32 bits per heavy atom. The standard InChI is InChI=1S/C21H30N2O2/c1-14-8-6-9-15(2)18(14)20(24)17-12-7-13-23(17)21(25)19(22)16-10-4-3-5-11-16/h6,8-9,16-17,19H,3-5,7,10-13,22H2,1-2H3/t17-,19-/m0/s1. The lowest BCUT2D eigenvalue weighted by Crippen LogP contribution is -2.51. The maximum Gasteiger partial charge on any atom is 0.240 e. The third kappa shape index (κ3) is 3.64. The zero-order valence-corrected chi connectivity index (χ0v) is 15.5. The summed E-state index contributed by atoms with van der Waals surface area (Å²) in [6.45, 7) is 4.59. The highest BCUT2D eigenvalue weighted by Gasteiger charge is 2.39. The molecule has 1 saturated heterocycles. The molecule has 2 fully saturated rings. The number of nitrogens with zero attached hydrogens (tertiary/aromatic N) is 1. The number of rotatable bonds is 4. The van der Waals surface area contributed by atoms with Gasteiger partial charge in [-0.25, -0.2) is 0 Å². The van der Waals surface area contributed by atoms with Gasteiger partial charge in [0.1, 0.15) is 0 Å². The molecule has 4 heteroatoms. The second kappa shape index (κ2) is 7.69. The average Bonchev–Trinajstić information content (AvgIpc) is 3.10. The van der Waals surface area contributed by atoms with Gasteiger partial charge in [0.05, 0.1) is 12.1 Å². The molecule has 136 valence electrons. The normalized spacial score (nSPS) is 22.8. The molecule has 1 aromatic rings. The first-order valence-corrected chi connectivity index (χ1v) is 9.67. The molecule has 3 rings (SSSR count). The van der Waals surface area contributed by atoms with E-state index >= 15 is 0 Å². The molecule has 1 aromatic carbocycles. The van der Waals surface area contributed by atoms with E-state index < -0.39 is 6.04 Å². The molecule has 2 atom stereocenters. The maximum absolute atomic E-state index is 13.2. The van der Waals surface area contributed by atoms with E-state index in [9.17, 15) is 9.59 Å². The molecule has 0 spiro atoms. The van der Waals surface area contributed by atoms with Gasteiger partial charge in [-0.05, 0) is 56.6 Å². The molecule has 0 unspecified atom stereocenters. The largest absolute Gasteiger partial charge is 0.331 e. The smallest absolute Gasteiger partial charge is 0.240 e. The van der Waals surface area contributed by atoms with E-state index in [0.29, 0.717) is 6.54 Å². The highest BCUT2D eigenvalue weighted by Crippen LogP contribution is 2.29. The predicted molar refractivity (Wildman–Crippen MR) is 99.5 cm³/mol. The molecule has 2 N–H and O–H groups in total. The van der Waals surface area contributed by atoms with Crippen LogP contribution in [0.15, 0.2) is 18.2 Å². The molecular formula is C21H30N2O2. The molecule has 0 aromatic heterocycles. The van der Waals surface area contributed by atoms with Crippen LogP contribution in [0.2, 0.25) is 0 Å². The number of Topliss-reactive ketones (excluding diaryl/α,β-unsaturated/α-hetero) is 1. The minimum atomic E-state index is -0.452. The summed E-state index contributed by atoms with van der Waals surface area (Å²) in [6.07, 6.45) is 7.27. The maximum atomic E-state index is 13.2. The van der Waals surface area contributed by atoms with Crippen molar-refractivity contribution in [3.8, 4) is 0 Å². The van der Waals surface area contributed by atoms with E-state index in [0.717, 1.165) is 55.2 Å². The van der Waals surface area contributed by atoms with Crippen LogP contribution < -0.4 is 5.73 Å². The number of hydrogen-bond donors (Lipinski definition) is 1. The molecule has 1 aliphatic heterocycles. The quantitative estimate of drug-likeness (QED) is 0.853. The van der Waals surface area contributed by atoms with Crippen LogP contribution in [0, 0.1) is 19.8 Å². The Morgan fingerprint density at radius 1 is 1.04 bits per heavy atom. The second-order valence-electron chi connectivity index (χ2n) is 7.74. The van der Waals surface area contributed by atoms with E-state index in [1.165, 1.54) is 6.42 Å². The minimum absolute atomic E-state index is 0.0195. The van der Waals surface area contributed by atoms with Gasteiger partial charge in [-0.15, -0.1) is 0 Å². The monoisotopic (exact) mass is 342 g/mol. The minimum Gasteiger partial charge on any atom is -0.331 e. The van der Waals surface area contributed by atoms with Crippen LogP contribution in [0.4, 0.5) is 0 Å². The van der Waals surface area contributed by atoms with E-state index in [-0.39, 0.29) is 23.7 Å². The first-order valence-electron chi connectivity index (χ1n) is 9.67. The van der Waals surface area contributed by atoms with Crippen LogP contribution >= 0.6 is 0 Å². The Labute approximate surface area is 150 Å². The SMILES string of the molecule is Cc1cccc(C)c1C(=O)[C@@H]1CCCN1C(=O)[C@@H](N)C1CCCCC1. The van der Waals surface area contributed by atoms with Crippen LogP contribution in [0.3, 0.4) is 0 Å². The number of ketones is 1. The Hall–Kier alpha value is -1.68. The summed E-state index contributed by atoms with van der Waals surface area (Å²) in [4.78, 5) is 27.9. The Morgan fingerprint density at radius 2 is 1.68 bits per heavy atom. The van der Waals surface area contributed by atoms with E-state index in [1.807, 2.05) is 32.0 Å². The highest BCUT2D eigenvalue weighted by molar-refractivity contribution is 6.04. The summed E-state index contributed by atoms with van der Waals surface area (Å²) in [6, 6.07) is 5.11. The van der Waals surface area contributed by atoms with Crippen LogP contribution in [0.25, 0.3) is 0 Å². The Kier molecular flexibility index (Phi) is 5.57. The van der Waals surface area contributed by atoms with Crippen LogP contribution in [0.5, 0.6) is 0 Å². The van der Waals surface area contributed by atoms with Gasteiger partial charge >= 0.3 is 0 Å². The number of aryl methyl sites for hydroxylation is 2. The van der Waals surface area contributed by atoms with Gasteiger partial charge in [0.2, 0.25) is 5.91 Å². The summed E-state index contributed by atoms with van der Waals surface area (Å²) >= 11 is 0. The molecule has 0 bridgehead atoms. The number of benzene rings is 1. The number of nitrogens with two attached hydrogens (primary N) is 1. The molecular weight excluding hydrogens is 312 g/mol. The third-order valence-electron chi connectivity index (χ3n) is 6.01. The highest BCUT2D eigenvalue weighted by atomic mass is 16.2. The topological polar surface area (TPSA) is 63.4 Å². The van der Waals surface area contributed by atoms with Crippen molar-refractivity contribution in [1.29, 1.82) is 0 Å². The molecule has 1 saturated carbocycles. The summed E-state index contributed by atoms with van der Waals surface area (Å²) in [7, 11) is 0. The Bertz CT molecular complexity index is 629. The van der Waals surface area contributed by atoms with Gasteiger partial charge in [-0.3, -0.25) is 9.59 Å². The summed E-state index contributed by atoms with van der Waals surface area (Å²) in [5.41, 5.74) is 9.08. The summed E-state index contributed by atoms with van der Waals surface area (Å²) < 4.78 is 0. The van der Waals surface area contributed by atoms with Gasteiger partial charge < -0.3 is 10.6 Å². The van der Waals surface area contributed by atoms with E-state index in [4.69, 9.17) is 5.73 Å². The van der Waals surface area contributed by atoms with Crippen molar-refractivity contribution in [3.63, 3.8) is 0 Å². The van der Waals surface area contributed by atoms with Crippen LogP contribution in [-0.2, 0) is 4.79 Å². The van der Waals surface area contributed by atoms with E-state index in [2.05, 4.69) is 0 Å². The first kappa shape index (κ1) is 18.1. The predicted octanol–water partition coefficient (Wildman–Crippen LogP) is 3.38. The molecule has 0 radical (unpaired) electrons. The van der Waals surface area contributed by atoms with Crippen molar-refractivity contribution in [1.82, 2.24) is 4.90 Å². The molecule has 4 nitrogen and oxygen atoms in total. The van der Waals surface area contributed by atoms with Gasteiger partial charge in [0.15, 0.2) is 5.78 Å². The lowest BCUT2D eigenvalue weighted by molar-refractivity contribution is -0.134. The zero-order chi connectivity index (χ0) is 18.0. The molecule has 1 aliphatic carbocycles. The number of likely N-dealkylation sites (tertiary alicyclic amines) is 1. The lowest BCUT2D eigenvalue weighted by Gasteiger charge is -2.32. The fourth-order valence-corrected chi connectivity index (χ4v) is 4.56. The van der Waals surface area contributed by atoms with Crippen molar-refractivity contribution in [2.45, 2.75) is 70.9 Å². The molecule has 25 heavy (non-hydrogen) atoms. The Balaban J connectivity index is 1.77. The average molecular weight is 342 g/mol. The molecule has 1 heterocycles. The van der Waals surface area contributed by atoms with Gasteiger partial charge in [0, 0.05) is 12.1 Å². The summed E-state index contributed by atoms with van der Waals surface area (Å²) in [5, 5.41) is 0. The zero-order valence-electron chi connectivity index (χ0n) is 15.5. The lowest BCUT2D eigenvalue weighted by atomic mass is 9.83. The fourth-order valence-electron chi connectivity index (χ4n) is 4.56. The molecule has 2 aliphatic rings. The summed E-state index contributed by atoms with van der Waals surface area (Å²) in [5.74, 6) is 0.337. The third-order valence-corrected chi connectivity index (χ3v) is 6.01. The van der Waals surface area contributed by atoms with Crippen molar-refractivity contribution < 1.29 is 9.59 Å². The van der Waals surface area contributed by atoms with Gasteiger partial charge in [0.25, 0.3) is 0 Å². The van der Waals surface area contributed by atoms with Crippen LogP contribution in [-0.4, -0.2) is 35.2 Å². The van der Waals surface area contributed by atoms with Crippen LogP contribution in [0.1, 0.15) is 66.4 Å². The van der Waals surface area contributed by atoms with E-state index in [1.54, 1.807) is 4.90 Å². The van der Waals surface area contributed by atoms with Crippen molar-refractivity contribution in [3.05, 3.63) is 34.9 Å². The second-order valence-corrected chi connectivity index (χ2v) is 7.74. The number of hydrogen-bond acceptors (Lipinski definition) is 3. The van der Waals surface area contributed by atoms with Crippen molar-refractivity contribution >= 4 is 11.7 Å². The number of amides is 1.